The molecule has 9 nitrogen and oxygen atoms in total. The number of ether oxygens (including phenoxy) is 1. The van der Waals surface area contributed by atoms with Gasteiger partial charge in [-0.25, -0.2) is 9.78 Å². The highest BCUT2D eigenvalue weighted by Crippen LogP contribution is 2.25. The number of benzene rings is 2. The van der Waals surface area contributed by atoms with Crippen molar-refractivity contribution in [1.82, 2.24) is 25.5 Å². The smallest absolute Gasteiger partial charge is 0.408 e. The number of rotatable bonds is 12. The van der Waals surface area contributed by atoms with Crippen LogP contribution < -0.4 is 11.1 Å². The largest absolute Gasteiger partial charge is 0.445 e. The minimum absolute atomic E-state index is 0.185. The van der Waals surface area contributed by atoms with E-state index in [0.717, 1.165) is 40.9 Å². The predicted molar refractivity (Wildman–Crippen MR) is 136 cm³/mol. The summed E-state index contributed by atoms with van der Waals surface area (Å²) in [5.41, 5.74) is 9.95. The van der Waals surface area contributed by atoms with Crippen LogP contribution in [0.2, 0.25) is 0 Å². The molecule has 0 fully saturated rings. The van der Waals surface area contributed by atoms with E-state index < -0.39 is 6.09 Å². The van der Waals surface area contributed by atoms with Crippen LogP contribution in [0.15, 0.2) is 73.1 Å². The number of primary amides is 1. The third-order valence-electron chi connectivity index (χ3n) is 5.85. The molecule has 1 unspecified atom stereocenters. The lowest BCUT2D eigenvalue weighted by Gasteiger charge is -2.17. The number of aromatic amines is 2. The molecule has 1 atom stereocenters. The fraction of sp³-hybridized carbons (Fsp3) is 0.259. The quantitative estimate of drug-likeness (QED) is 0.212. The Morgan fingerprint density at radius 1 is 0.944 bits per heavy atom. The van der Waals surface area contributed by atoms with E-state index in [9.17, 15) is 9.59 Å². The number of carbonyl (C=O) groups excluding carboxylic acids is 2. The molecular weight excluding hydrogens is 456 g/mol. The highest BCUT2D eigenvalue weighted by molar-refractivity contribution is 5.73. The molecule has 0 aliphatic heterocycles. The van der Waals surface area contributed by atoms with Crippen molar-refractivity contribution >= 4 is 12.0 Å². The first-order valence-electron chi connectivity index (χ1n) is 12.0. The molecule has 0 saturated heterocycles. The van der Waals surface area contributed by atoms with Gasteiger partial charge in [-0.15, -0.1) is 0 Å². The van der Waals surface area contributed by atoms with Crippen LogP contribution >= 0.6 is 0 Å². The number of hydrogen-bond acceptors (Lipinski definition) is 5. The number of aromatic nitrogens is 4. The average molecular weight is 487 g/mol. The van der Waals surface area contributed by atoms with Gasteiger partial charge in [-0.05, 0) is 35.6 Å². The van der Waals surface area contributed by atoms with Gasteiger partial charge in [0.25, 0.3) is 0 Å². The molecule has 4 aromatic rings. The third kappa shape index (κ3) is 7.05. The summed E-state index contributed by atoms with van der Waals surface area (Å²) in [5.74, 6) is 0.345. The Hall–Kier alpha value is -4.40. The average Bonchev–Trinajstić information content (AvgIpc) is 3.60. The number of unbranched alkanes of at least 4 members (excludes halogenated alkanes) is 2. The summed E-state index contributed by atoms with van der Waals surface area (Å²) >= 11 is 0. The minimum atomic E-state index is -0.511. The molecule has 0 bridgehead atoms. The minimum Gasteiger partial charge on any atom is -0.445 e. The Labute approximate surface area is 209 Å². The maximum atomic E-state index is 12.6. The van der Waals surface area contributed by atoms with Crippen LogP contribution in [-0.4, -0.2) is 32.2 Å². The summed E-state index contributed by atoms with van der Waals surface area (Å²) in [7, 11) is 0. The highest BCUT2D eigenvalue weighted by Gasteiger charge is 2.19. The molecule has 0 saturated carbocycles. The highest BCUT2D eigenvalue weighted by atomic mass is 16.5. The van der Waals surface area contributed by atoms with Crippen molar-refractivity contribution in [1.29, 1.82) is 0 Å². The second kappa shape index (κ2) is 12.3. The zero-order valence-electron chi connectivity index (χ0n) is 19.9. The van der Waals surface area contributed by atoms with Gasteiger partial charge in [0.1, 0.15) is 12.4 Å². The summed E-state index contributed by atoms with van der Waals surface area (Å²) in [6.07, 6.45) is 6.30. The predicted octanol–water partition coefficient (Wildman–Crippen LogP) is 4.87. The maximum Gasteiger partial charge on any atom is 0.408 e. The molecule has 0 radical (unpaired) electrons. The van der Waals surface area contributed by atoms with Gasteiger partial charge in [-0.2, -0.15) is 5.10 Å². The van der Waals surface area contributed by atoms with Crippen LogP contribution in [0, 0.1) is 0 Å². The summed E-state index contributed by atoms with van der Waals surface area (Å²) in [6, 6.07) is 19.1. The molecule has 5 N–H and O–H groups in total. The molecular formula is C27H30N6O3. The second-order valence-corrected chi connectivity index (χ2v) is 8.55. The molecule has 2 heterocycles. The maximum absolute atomic E-state index is 12.6. The Kier molecular flexibility index (Phi) is 8.48. The summed E-state index contributed by atoms with van der Waals surface area (Å²) < 4.78 is 5.42. The van der Waals surface area contributed by atoms with E-state index in [0.29, 0.717) is 25.1 Å². The Balaban J connectivity index is 1.41. The van der Waals surface area contributed by atoms with Gasteiger partial charge in [-0.3, -0.25) is 9.89 Å². The second-order valence-electron chi connectivity index (χ2n) is 8.55. The molecule has 2 aromatic heterocycles. The number of nitrogens with zero attached hydrogens (tertiary/aromatic N) is 2. The van der Waals surface area contributed by atoms with Crippen LogP contribution in [0.3, 0.4) is 0 Å². The number of H-pyrrole nitrogens is 2. The van der Waals surface area contributed by atoms with E-state index in [-0.39, 0.29) is 18.6 Å². The normalized spacial score (nSPS) is 11.7. The number of carbonyl (C=O) groups is 2. The van der Waals surface area contributed by atoms with Crippen molar-refractivity contribution in [3.63, 3.8) is 0 Å². The van der Waals surface area contributed by atoms with E-state index in [1.54, 1.807) is 12.4 Å². The first kappa shape index (κ1) is 24.7. The van der Waals surface area contributed by atoms with Crippen molar-refractivity contribution in [2.45, 2.75) is 44.8 Å². The van der Waals surface area contributed by atoms with Crippen LogP contribution in [0.4, 0.5) is 4.79 Å². The van der Waals surface area contributed by atoms with Gasteiger partial charge in [-0.1, -0.05) is 67.4 Å². The van der Waals surface area contributed by atoms with E-state index in [1.807, 2.05) is 60.7 Å². The van der Waals surface area contributed by atoms with E-state index in [2.05, 4.69) is 25.5 Å². The van der Waals surface area contributed by atoms with Crippen LogP contribution in [0.25, 0.3) is 22.5 Å². The topological polar surface area (TPSA) is 139 Å². The first-order chi connectivity index (χ1) is 17.6. The lowest BCUT2D eigenvalue weighted by Crippen LogP contribution is -2.30. The SMILES string of the molecule is NC(=O)CCCCCC(NC(=O)OCc1ccccc1)c1ncc(-c2ccc(-c3ccn[nH]3)cc2)[nH]1. The summed E-state index contributed by atoms with van der Waals surface area (Å²) in [6.45, 7) is 0.185. The molecule has 186 valence electrons. The Bertz CT molecular complexity index is 1240. The van der Waals surface area contributed by atoms with E-state index in [1.165, 1.54) is 0 Å². The fourth-order valence-electron chi connectivity index (χ4n) is 3.92. The molecule has 4 rings (SSSR count). The Morgan fingerprint density at radius 2 is 1.69 bits per heavy atom. The first-order valence-corrected chi connectivity index (χ1v) is 12.0. The lowest BCUT2D eigenvalue weighted by molar-refractivity contribution is -0.118. The third-order valence-corrected chi connectivity index (χ3v) is 5.85. The number of hydrogen-bond donors (Lipinski definition) is 4. The summed E-state index contributed by atoms with van der Waals surface area (Å²) in [5, 5.41) is 9.89. The molecule has 2 amide bonds. The van der Waals surface area contributed by atoms with Gasteiger partial charge < -0.3 is 20.8 Å². The van der Waals surface area contributed by atoms with Crippen molar-refractivity contribution in [2.75, 3.05) is 0 Å². The van der Waals surface area contributed by atoms with Crippen molar-refractivity contribution in [2.24, 2.45) is 5.73 Å². The monoisotopic (exact) mass is 486 g/mol. The van der Waals surface area contributed by atoms with Gasteiger partial charge in [0, 0.05) is 12.6 Å². The zero-order chi connectivity index (χ0) is 25.2. The molecule has 2 aromatic carbocycles. The number of nitrogens with two attached hydrogens (primary N) is 1. The molecule has 0 spiro atoms. The van der Waals surface area contributed by atoms with Gasteiger partial charge in [0.15, 0.2) is 0 Å². The molecule has 36 heavy (non-hydrogen) atoms. The number of alkyl carbamates (subject to hydrolysis) is 1. The van der Waals surface area contributed by atoms with Crippen LogP contribution in [-0.2, 0) is 16.1 Å². The fourth-order valence-corrected chi connectivity index (χ4v) is 3.92. The van der Waals surface area contributed by atoms with Crippen LogP contribution in [0.5, 0.6) is 0 Å². The molecule has 0 aliphatic carbocycles. The molecule has 0 aliphatic rings. The van der Waals surface area contributed by atoms with Crippen molar-refractivity contribution < 1.29 is 14.3 Å². The number of nitrogens with one attached hydrogen (secondary N) is 3. The Morgan fingerprint density at radius 3 is 2.39 bits per heavy atom. The van der Waals surface area contributed by atoms with Crippen LogP contribution in [0.1, 0.15) is 49.5 Å². The standard InChI is InChI=1S/C27H30N6O3/c28-25(34)10-6-2-5-9-23(32-27(35)36-18-19-7-3-1-4-8-19)26-29-17-24(31-26)21-13-11-20(12-14-21)22-15-16-30-33-22/h1,3-4,7-8,11-17,23H,2,5-6,9-10,18H2,(H2,28,34)(H,29,31)(H,30,33)(H,32,35). The van der Waals surface area contributed by atoms with E-state index in [4.69, 9.17) is 10.5 Å². The molecule has 9 heteroatoms. The lowest BCUT2D eigenvalue weighted by atomic mass is 10.1. The van der Waals surface area contributed by atoms with Gasteiger partial charge >= 0.3 is 6.09 Å². The number of amides is 2. The van der Waals surface area contributed by atoms with E-state index >= 15 is 0 Å². The van der Waals surface area contributed by atoms with Crippen molar-refractivity contribution in [3.05, 3.63) is 84.4 Å². The zero-order valence-corrected chi connectivity index (χ0v) is 19.9. The summed E-state index contributed by atoms with van der Waals surface area (Å²) in [4.78, 5) is 31.5. The van der Waals surface area contributed by atoms with Gasteiger partial charge in [0.2, 0.25) is 5.91 Å². The van der Waals surface area contributed by atoms with Crippen molar-refractivity contribution in [3.8, 4) is 22.5 Å². The number of imidazole rings is 1. The van der Waals surface area contributed by atoms with Gasteiger partial charge in [0.05, 0.1) is 23.6 Å².